The van der Waals surface area contributed by atoms with E-state index >= 15 is 0 Å². The largest absolute Gasteiger partial charge is 0.464 e. The second-order valence-electron chi connectivity index (χ2n) is 5.02. The van der Waals surface area contributed by atoms with Gasteiger partial charge in [-0.1, -0.05) is 51.9 Å². The molecule has 0 aromatic carbocycles. The number of methoxy groups -OCH3 is 1. The quantitative estimate of drug-likeness (QED) is 0.432. The maximum absolute atomic E-state index is 11.4. The van der Waals surface area contributed by atoms with E-state index in [2.05, 4.69) is 11.7 Å². The van der Waals surface area contributed by atoms with Crippen molar-refractivity contribution in [3.05, 3.63) is 0 Å². The molecule has 0 aliphatic carbocycles. The van der Waals surface area contributed by atoms with Gasteiger partial charge in [-0.25, -0.2) is 4.79 Å². The van der Waals surface area contributed by atoms with E-state index in [9.17, 15) is 9.59 Å². The number of rotatable bonds is 11. The Morgan fingerprint density at radius 3 is 2.05 bits per heavy atom. The third-order valence-electron chi connectivity index (χ3n) is 3.11. The molecule has 0 N–H and O–H groups in total. The van der Waals surface area contributed by atoms with Crippen LogP contribution >= 0.6 is 0 Å². The monoisotopic (exact) mass is 287 g/mol. The number of nitrogens with zero attached hydrogens (tertiary/aromatic N) is 1. The number of ether oxygens (including phenoxy) is 2. The zero-order chi connectivity index (χ0) is 15.2. The van der Waals surface area contributed by atoms with Crippen LogP contribution in [0.2, 0.25) is 0 Å². The molecule has 0 atom stereocenters. The van der Waals surface area contributed by atoms with Gasteiger partial charge in [-0.15, -0.1) is 0 Å². The maximum atomic E-state index is 11.4. The first kappa shape index (κ1) is 18.7. The Labute approximate surface area is 122 Å². The van der Waals surface area contributed by atoms with Gasteiger partial charge in [0.1, 0.15) is 6.54 Å². The highest BCUT2D eigenvalue weighted by Crippen LogP contribution is 2.08. The topological polar surface area (TPSA) is 55.8 Å². The Bertz CT molecular complexity index is 269. The zero-order valence-corrected chi connectivity index (χ0v) is 13.2. The number of carbonyl (C=O) groups is 2. The first-order chi connectivity index (χ1) is 9.61. The molecule has 0 aliphatic rings. The van der Waals surface area contributed by atoms with Crippen molar-refractivity contribution in [1.82, 2.24) is 4.90 Å². The minimum atomic E-state index is -0.533. The molecule has 0 fully saturated rings. The highest BCUT2D eigenvalue weighted by Gasteiger charge is 2.13. The summed E-state index contributed by atoms with van der Waals surface area (Å²) in [5, 5.41) is 0. The van der Waals surface area contributed by atoms with Crippen molar-refractivity contribution in [2.45, 2.75) is 58.3 Å². The van der Waals surface area contributed by atoms with Crippen LogP contribution in [0.3, 0.4) is 0 Å². The van der Waals surface area contributed by atoms with E-state index < -0.39 is 6.09 Å². The van der Waals surface area contributed by atoms with Crippen molar-refractivity contribution in [3.63, 3.8) is 0 Å². The lowest BCUT2D eigenvalue weighted by atomic mass is 10.1. The fourth-order valence-corrected chi connectivity index (χ4v) is 1.88. The summed E-state index contributed by atoms with van der Waals surface area (Å²) in [6.45, 7) is 2.58. The molecule has 0 unspecified atom stereocenters. The average Bonchev–Trinajstić information content (AvgIpc) is 2.44. The molecule has 20 heavy (non-hydrogen) atoms. The van der Waals surface area contributed by atoms with Crippen LogP contribution in [0.4, 0.5) is 4.79 Å². The molecule has 0 aliphatic heterocycles. The minimum absolute atomic E-state index is 0.0658. The standard InChI is InChI=1S/C15H29NO4/c1-4-5-6-7-8-9-10-11-12-20-14(17)13-16(2)15(18)19-3/h4-13H2,1-3H3. The fraction of sp³-hybridized carbons (Fsp3) is 0.867. The summed E-state index contributed by atoms with van der Waals surface area (Å²) in [5.41, 5.74) is 0. The van der Waals surface area contributed by atoms with Gasteiger partial charge in [0.15, 0.2) is 0 Å². The maximum Gasteiger partial charge on any atom is 0.409 e. The summed E-state index contributed by atoms with van der Waals surface area (Å²) in [5.74, 6) is -0.388. The summed E-state index contributed by atoms with van der Waals surface area (Å²) in [6, 6.07) is 0. The molecule has 118 valence electrons. The van der Waals surface area contributed by atoms with Gasteiger partial charge < -0.3 is 14.4 Å². The molecular weight excluding hydrogens is 258 g/mol. The van der Waals surface area contributed by atoms with Crippen molar-refractivity contribution >= 4 is 12.1 Å². The van der Waals surface area contributed by atoms with Gasteiger partial charge >= 0.3 is 12.1 Å². The van der Waals surface area contributed by atoms with Gasteiger partial charge in [0.2, 0.25) is 0 Å². The summed E-state index contributed by atoms with van der Waals surface area (Å²) in [7, 11) is 2.79. The first-order valence-corrected chi connectivity index (χ1v) is 7.56. The van der Waals surface area contributed by atoms with E-state index in [1.807, 2.05) is 0 Å². The minimum Gasteiger partial charge on any atom is -0.464 e. The molecule has 0 rings (SSSR count). The lowest BCUT2D eigenvalue weighted by Crippen LogP contribution is -2.32. The molecule has 0 heterocycles. The molecular formula is C15H29NO4. The first-order valence-electron chi connectivity index (χ1n) is 7.56. The fourth-order valence-electron chi connectivity index (χ4n) is 1.88. The van der Waals surface area contributed by atoms with Crippen LogP contribution in [-0.2, 0) is 14.3 Å². The Morgan fingerprint density at radius 2 is 1.50 bits per heavy atom. The Hall–Kier alpha value is -1.26. The van der Waals surface area contributed by atoms with Crippen molar-refractivity contribution in [2.75, 3.05) is 27.3 Å². The highest BCUT2D eigenvalue weighted by atomic mass is 16.5. The van der Waals surface area contributed by atoms with E-state index in [-0.39, 0.29) is 12.5 Å². The number of hydrogen-bond acceptors (Lipinski definition) is 4. The second kappa shape index (κ2) is 12.8. The van der Waals surface area contributed by atoms with E-state index in [1.165, 1.54) is 57.6 Å². The van der Waals surface area contributed by atoms with Gasteiger partial charge in [-0.05, 0) is 6.42 Å². The lowest BCUT2D eigenvalue weighted by molar-refractivity contribution is -0.144. The van der Waals surface area contributed by atoms with Crippen molar-refractivity contribution in [2.24, 2.45) is 0 Å². The number of amides is 1. The van der Waals surface area contributed by atoms with Crippen molar-refractivity contribution in [1.29, 1.82) is 0 Å². The number of likely N-dealkylation sites (N-methyl/N-ethyl adjacent to an activating group) is 1. The number of esters is 1. The molecule has 0 aromatic heterocycles. The van der Waals surface area contributed by atoms with E-state index in [0.717, 1.165) is 12.8 Å². The summed E-state index contributed by atoms with van der Waals surface area (Å²) in [4.78, 5) is 23.7. The molecule has 1 amide bonds. The summed E-state index contributed by atoms with van der Waals surface area (Å²) >= 11 is 0. The second-order valence-corrected chi connectivity index (χ2v) is 5.02. The summed E-state index contributed by atoms with van der Waals surface area (Å²) < 4.78 is 9.55. The van der Waals surface area contributed by atoms with Crippen molar-refractivity contribution in [3.8, 4) is 0 Å². The molecule has 0 bridgehead atoms. The molecule has 0 spiro atoms. The van der Waals surface area contributed by atoms with Gasteiger partial charge in [0, 0.05) is 7.05 Å². The average molecular weight is 287 g/mol. The van der Waals surface area contributed by atoms with E-state index in [1.54, 1.807) is 0 Å². The lowest BCUT2D eigenvalue weighted by Gasteiger charge is -2.14. The summed E-state index contributed by atoms with van der Waals surface area (Å²) in [6.07, 6.45) is 9.13. The molecule has 5 nitrogen and oxygen atoms in total. The zero-order valence-electron chi connectivity index (χ0n) is 13.2. The predicted octanol–water partition coefficient (Wildman–Crippen LogP) is 3.37. The number of carbonyl (C=O) groups excluding carboxylic acids is 2. The SMILES string of the molecule is CCCCCCCCCCOC(=O)CN(C)C(=O)OC. The third kappa shape index (κ3) is 10.6. The smallest absolute Gasteiger partial charge is 0.409 e. The van der Waals surface area contributed by atoms with Crippen LogP contribution in [0.1, 0.15) is 58.3 Å². The van der Waals surface area contributed by atoms with Gasteiger partial charge in [0.05, 0.1) is 13.7 Å². The van der Waals surface area contributed by atoms with Gasteiger partial charge in [0.25, 0.3) is 0 Å². The van der Waals surface area contributed by atoms with Crippen molar-refractivity contribution < 1.29 is 19.1 Å². The van der Waals surface area contributed by atoms with Crippen LogP contribution in [-0.4, -0.2) is 44.3 Å². The Morgan fingerprint density at radius 1 is 0.950 bits per heavy atom. The molecule has 0 saturated heterocycles. The molecule has 0 saturated carbocycles. The predicted molar refractivity (Wildman–Crippen MR) is 78.6 cm³/mol. The van der Waals surface area contributed by atoms with Gasteiger partial charge in [-0.2, -0.15) is 0 Å². The third-order valence-corrected chi connectivity index (χ3v) is 3.11. The van der Waals surface area contributed by atoms with Crippen LogP contribution in [0.25, 0.3) is 0 Å². The van der Waals surface area contributed by atoms with Gasteiger partial charge in [-0.3, -0.25) is 4.79 Å². The molecule has 5 heteroatoms. The van der Waals surface area contributed by atoms with Crippen LogP contribution in [0.15, 0.2) is 0 Å². The Kier molecular flexibility index (Phi) is 12.0. The normalized spacial score (nSPS) is 10.2. The highest BCUT2D eigenvalue weighted by molar-refractivity contribution is 5.77. The molecule has 0 aromatic rings. The van der Waals surface area contributed by atoms with E-state index in [4.69, 9.17) is 4.74 Å². The number of hydrogen-bond donors (Lipinski definition) is 0. The van der Waals surface area contributed by atoms with Crippen LogP contribution in [0, 0.1) is 0 Å². The Balaban J connectivity index is 3.37. The van der Waals surface area contributed by atoms with Crippen LogP contribution in [0.5, 0.6) is 0 Å². The van der Waals surface area contributed by atoms with E-state index in [0.29, 0.717) is 6.61 Å². The number of unbranched alkanes of at least 4 members (excludes halogenated alkanes) is 7. The van der Waals surface area contributed by atoms with Crippen LogP contribution < -0.4 is 0 Å². The molecule has 0 radical (unpaired) electrons.